The van der Waals surface area contributed by atoms with Crippen LogP contribution in [-0.4, -0.2) is 96.7 Å². The van der Waals surface area contributed by atoms with Gasteiger partial charge in [0.1, 0.15) is 19.3 Å². The molecule has 3 N–H and O–H groups in total. The molecule has 0 fully saturated rings. The lowest BCUT2D eigenvalue weighted by molar-refractivity contribution is -0.161. The molecular weight excluding hydrogens is 1250 g/mol. The third-order valence-electron chi connectivity index (χ3n) is 17.7. The number of esters is 4. The van der Waals surface area contributed by atoms with E-state index in [1.807, 2.05) is 0 Å². The zero-order valence-corrected chi connectivity index (χ0v) is 63.8. The van der Waals surface area contributed by atoms with Gasteiger partial charge in [-0.25, -0.2) is 9.13 Å². The van der Waals surface area contributed by atoms with Gasteiger partial charge in [0.05, 0.1) is 26.4 Å². The maximum Gasteiger partial charge on any atom is 0.472 e. The van der Waals surface area contributed by atoms with E-state index in [1.165, 1.54) is 212 Å². The first-order valence-electron chi connectivity index (χ1n) is 39.5. The lowest BCUT2D eigenvalue weighted by Gasteiger charge is -2.21. The molecule has 19 heteroatoms. The quantitative estimate of drug-likeness (QED) is 0.0222. The van der Waals surface area contributed by atoms with E-state index in [0.717, 1.165) is 102 Å². The second kappa shape index (κ2) is 67.9. The van der Waals surface area contributed by atoms with Crippen molar-refractivity contribution in [2.24, 2.45) is 11.8 Å². The fraction of sp³-hybridized carbons (Fsp3) is 0.947. The van der Waals surface area contributed by atoms with Crippen molar-refractivity contribution in [3.05, 3.63) is 0 Å². The van der Waals surface area contributed by atoms with Gasteiger partial charge in [-0.2, -0.15) is 0 Å². The Labute approximate surface area is 581 Å². The highest BCUT2D eigenvalue weighted by Gasteiger charge is 2.30. The number of aliphatic hydroxyl groups excluding tert-OH is 1. The molecule has 0 amide bonds. The van der Waals surface area contributed by atoms with Crippen LogP contribution in [0.5, 0.6) is 0 Å². The van der Waals surface area contributed by atoms with Gasteiger partial charge in [0.2, 0.25) is 0 Å². The minimum atomic E-state index is -4.96. The van der Waals surface area contributed by atoms with Crippen molar-refractivity contribution in [2.45, 2.75) is 413 Å². The largest absolute Gasteiger partial charge is 0.472 e. The van der Waals surface area contributed by atoms with E-state index in [9.17, 15) is 43.2 Å². The molecule has 0 rings (SSSR count). The SMILES string of the molecule is CCCCCCCCCCCCCCCCCCCCCCCC(=O)O[C@H](COC(=O)CCCCCCCCCCCCC(C)C)COP(=O)(O)OC[C@@H](O)COP(=O)(O)OC[C@@H](COC(=O)CCCCCCCCCCCC)OC(=O)CCCCCCCCCCC(C)C. The zero-order chi connectivity index (χ0) is 70.0. The Hall–Kier alpha value is -1.94. The molecule has 0 saturated heterocycles. The first-order valence-corrected chi connectivity index (χ1v) is 42.5. The van der Waals surface area contributed by atoms with Gasteiger partial charge < -0.3 is 33.8 Å². The average Bonchev–Trinajstić information content (AvgIpc) is 1.55. The Morgan fingerprint density at radius 1 is 0.284 bits per heavy atom. The lowest BCUT2D eigenvalue weighted by Crippen LogP contribution is -2.30. The van der Waals surface area contributed by atoms with Gasteiger partial charge in [0.25, 0.3) is 0 Å². The standard InChI is InChI=1S/C76H148O17P2/c1-7-9-11-13-15-17-19-20-21-22-23-24-25-26-27-28-29-35-42-48-54-60-75(80)92-71(64-87-74(79)59-53-47-41-34-31-30-32-38-44-50-56-68(3)4)66-90-94(82,83)88-62-70(77)63-89-95(84,85)91-67-72(65-86-73(78)58-52-46-40-33-18-16-14-12-10-8-2)93-76(81)61-55-49-43-37-36-39-45-51-57-69(5)6/h68-72,77H,7-67H2,1-6H3,(H,82,83)(H,84,85)/t70-,71-,72-/m1/s1. The minimum Gasteiger partial charge on any atom is -0.462 e. The van der Waals surface area contributed by atoms with Crippen LogP contribution in [-0.2, 0) is 65.4 Å². The molecule has 0 bridgehead atoms. The number of carbonyl (C=O) groups excluding carboxylic acids is 4. The smallest absolute Gasteiger partial charge is 0.462 e. The van der Waals surface area contributed by atoms with Crippen LogP contribution in [0.2, 0.25) is 0 Å². The van der Waals surface area contributed by atoms with Crippen molar-refractivity contribution in [1.82, 2.24) is 0 Å². The number of phosphoric ester groups is 2. The van der Waals surface area contributed by atoms with Crippen LogP contribution in [0.4, 0.5) is 0 Å². The summed E-state index contributed by atoms with van der Waals surface area (Å²) in [6.07, 6.45) is 55.7. The van der Waals surface area contributed by atoms with Crippen LogP contribution >= 0.6 is 15.6 Å². The van der Waals surface area contributed by atoms with Crippen LogP contribution in [0.1, 0.15) is 395 Å². The summed E-state index contributed by atoms with van der Waals surface area (Å²) in [5.41, 5.74) is 0. The Kier molecular flexibility index (Phi) is 66.5. The van der Waals surface area contributed by atoms with Crippen LogP contribution in [0.25, 0.3) is 0 Å². The summed E-state index contributed by atoms with van der Waals surface area (Å²) >= 11 is 0. The maximum atomic E-state index is 13.1. The number of ether oxygens (including phenoxy) is 4. The Morgan fingerprint density at radius 3 is 0.716 bits per heavy atom. The van der Waals surface area contributed by atoms with Crippen LogP contribution in [0, 0.1) is 11.8 Å². The first-order chi connectivity index (χ1) is 45.9. The van der Waals surface area contributed by atoms with Crippen LogP contribution in [0.15, 0.2) is 0 Å². The molecule has 0 radical (unpaired) electrons. The van der Waals surface area contributed by atoms with Crippen molar-refractivity contribution >= 4 is 39.5 Å². The molecule has 0 aromatic carbocycles. The van der Waals surface area contributed by atoms with Gasteiger partial charge in [-0.05, 0) is 37.5 Å². The molecule has 17 nitrogen and oxygen atoms in total. The summed E-state index contributed by atoms with van der Waals surface area (Å²) in [6, 6.07) is 0. The van der Waals surface area contributed by atoms with E-state index >= 15 is 0 Å². The molecule has 95 heavy (non-hydrogen) atoms. The van der Waals surface area contributed by atoms with E-state index in [-0.39, 0.29) is 25.7 Å². The van der Waals surface area contributed by atoms with E-state index in [1.54, 1.807) is 0 Å². The van der Waals surface area contributed by atoms with Gasteiger partial charge in [0, 0.05) is 25.7 Å². The van der Waals surface area contributed by atoms with E-state index in [2.05, 4.69) is 41.5 Å². The molecule has 0 aromatic rings. The van der Waals surface area contributed by atoms with Gasteiger partial charge in [-0.15, -0.1) is 0 Å². The average molecular weight is 1400 g/mol. The van der Waals surface area contributed by atoms with Gasteiger partial charge in [0.15, 0.2) is 12.2 Å². The fourth-order valence-electron chi connectivity index (χ4n) is 11.7. The fourth-order valence-corrected chi connectivity index (χ4v) is 13.2. The zero-order valence-electron chi connectivity index (χ0n) is 62.0. The molecule has 0 aliphatic heterocycles. The molecule has 0 aromatic heterocycles. The number of aliphatic hydroxyl groups is 1. The van der Waals surface area contributed by atoms with Crippen molar-refractivity contribution < 1.29 is 80.2 Å². The second-order valence-corrected chi connectivity index (χ2v) is 31.3. The number of rotatable bonds is 75. The third kappa shape index (κ3) is 70.3. The summed E-state index contributed by atoms with van der Waals surface area (Å²) < 4.78 is 68.5. The van der Waals surface area contributed by atoms with Crippen LogP contribution in [0.3, 0.4) is 0 Å². The summed E-state index contributed by atoms with van der Waals surface area (Å²) in [5, 5.41) is 10.6. The van der Waals surface area contributed by atoms with Gasteiger partial charge >= 0.3 is 39.5 Å². The van der Waals surface area contributed by atoms with Crippen molar-refractivity contribution in [2.75, 3.05) is 39.6 Å². The highest BCUT2D eigenvalue weighted by Crippen LogP contribution is 2.45. The lowest BCUT2D eigenvalue weighted by atomic mass is 10.0. The molecule has 0 saturated carbocycles. The van der Waals surface area contributed by atoms with Crippen molar-refractivity contribution in [3.8, 4) is 0 Å². The summed E-state index contributed by atoms with van der Waals surface area (Å²) in [4.78, 5) is 72.7. The summed E-state index contributed by atoms with van der Waals surface area (Å²) in [6.45, 7) is 9.53. The second-order valence-electron chi connectivity index (χ2n) is 28.3. The Balaban J connectivity index is 5.19. The molecule has 0 spiro atoms. The predicted molar refractivity (Wildman–Crippen MR) is 386 cm³/mol. The summed E-state index contributed by atoms with van der Waals surface area (Å²) in [7, 11) is -9.91. The topological polar surface area (TPSA) is 237 Å². The Bertz CT molecular complexity index is 1840. The molecule has 564 valence electrons. The number of hydrogen-bond donors (Lipinski definition) is 3. The minimum absolute atomic E-state index is 0.105. The molecular formula is C76H148O17P2. The monoisotopic (exact) mass is 1400 g/mol. The predicted octanol–water partition coefficient (Wildman–Crippen LogP) is 22.3. The molecule has 2 unspecified atom stereocenters. The van der Waals surface area contributed by atoms with Gasteiger partial charge in [-0.3, -0.25) is 37.3 Å². The highest BCUT2D eigenvalue weighted by atomic mass is 31.2. The number of phosphoric acid groups is 2. The van der Waals surface area contributed by atoms with Crippen LogP contribution < -0.4 is 0 Å². The van der Waals surface area contributed by atoms with Crippen molar-refractivity contribution in [1.29, 1.82) is 0 Å². The summed E-state index contributed by atoms with van der Waals surface area (Å²) in [5.74, 6) is -0.642. The Morgan fingerprint density at radius 2 is 0.484 bits per heavy atom. The normalized spacial score (nSPS) is 14.0. The maximum absolute atomic E-state index is 13.1. The first kappa shape index (κ1) is 93.1. The number of carbonyl (C=O) groups is 4. The number of unbranched alkanes of at least 4 members (excludes halogenated alkanes) is 45. The third-order valence-corrected chi connectivity index (χ3v) is 19.6. The molecule has 0 heterocycles. The van der Waals surface area contributed by atoms with E-state index < -0.39 is 97.5 Å². The van der Waals surface area contributed by atoms with Crippen molar-refractivity contribution in [3.63, 3.8) is 0 Å². The number of hydrogen-bond acceptors (Lipinski definition) is 15. The van der Waals surface area contributed by atoms with Gasteiger partial charge in [-0.1, -0.05) is 343 Å². The van der Waals surface area contributed by atoms with E-state index in [0.29, 0.717) is 25.7 Å². The molecule has 5 atom stereocenters. The highest BCUT2D eigenvalue weighted by molar-refractivity contribution is 7.47. The molecule has 0 aliphatic carbocycles. The molecule has 0 aliphatic rings. The van der Waals surface area contributed by atoms with E-state index in [4.69, 9.17) is 37.0 Å².